The maximum atomic E-state index is 11.3. The van der Waals surface area contributed by atoms with Crippen molar-refractivity contribution in [3.8, 4) is 44.9 Å². The molecule has 0 aliphatic rings. The van der Waals surface area contributed by atoms with Crippen molar-refractivity contribution in [1.29, 1.82) is 0 Å². The Kier molecular flexibility index (Phi) is 10.0. The quantitative estimate of drug-likeness (QED) is 0.177. The van der Waals surface area contributed by atoms with Crippen LogP contribution in [-0.2, 0) is 20.1 Å². The molecule has 3 heterocycles. The van der Waals surface area contributed by atoms with Crippen LogP contribution < -0.4 is 0 Å². The van der Waals surface area contributed by atoms with Crippen LogP contribution in [0.4, 0.5) is 0 Å². The molecule has 5 nitrogen and oxygen atoms in total. The molecular formula is C39H27IrN3O2-2. The third-order valence-corrected chi connectivity index (χ3v) is 7.08. The summed E-state index contributed by atoms with van der Waals surface area (Å²) in [5, 5.41) is 11.6. The molecule has 1 N–H and O–H groups in total. The van der Waals surface area contributed by atoms with Crippen LogP contribution in [0.2, 0.25) is 0 Å². The van der Waals surface area contributed by atoms with Gasteiger partial charge in [-0.3, -0.25) is 15.0 Å². The molecule has 6 heteroatoms. The Morgan fingerprint density at radius 1 is 0.667 bits per heavy atom. The van der Waals surface area contributed by atoms with E-state index in [4.69, 9.17) is 0 Å². The molecule has 0 amide bonds. The van der Waals surface area contributed by atoms with E-state index in [2.05, 4.69) is 39.2 Å². The molecule has 45 heavy (non-hydrogen) atoms. The number of carbonyl (C=O) groups is 1. The summed E-state index contributed by atoms with van der Waals surface area (Å²) in [5.41, 5.74) is 8.22. The zero-order valence-electron chi connectivity index (χ0n) is 24.3. The molecular weight excluding hydrogens is 735 g/mol. The first kappa shape index (κ1) is 31.1. The van der Waals surface area contributed by atoms with E-state index in [0.717, 1.165) is 50.2 Å². The second-order valence-corrected chi connectivity index (χ2v) is 10.1. The van der Waals surface area contributed by atoms with E-state index in [1.54, 1.807) is 18.3 Å². The fourth-order valence-corrected chi connectivity index (χ4v) is 4.86. The van der Waals surface area contributed by atoms with E-state index in [9.17, 15) is 9.90 Å². The number of pyridine rings is 3. The minimum Gasteiger partial charge on any atom is -0.477 e. The summed E-state index contributed by atoms with van der Waals surface area (Å²) in [4.78, 5) is 24.5. The molecule has 0 atom stereocenters. The van der Waals surface area contributed by atoms with Gasteiger partial charge in [-0.25, -0.2) is 4.79 Å². The van der Waals surface area contributed by atoms with Gasteiger partial charge in [-0.2, -0.15) is 0 Å². The molecule has 3 aromatic heterocycles. The van der Waals surface area contributed by atoms with E-state index in [1.807, 2.05) is 116 Å². The third-order valence-electron chi connectivity index (χ3n) is 7.08. The molecule has 0 aliphatic carbocycles. The summed E-state index contributed by atoms with van der Waals surface area (Å²) in [6.45, 7) is 2.02. The molecule has 0 saturated heterocycles. The van der Waals surface area contributed by atoms with Crippen molar-refractivity contribution in [2.24, 2.45) is 0 Å². The first-order valence-corrected chi connectivity index (χ1v) is 14.1. The van der Waals surface area contributed by atoms with Crippen LogP contribution in [0.1, 0.15) is 16.1 Å². The fraction of sp³-hybridized carbons (Fsp3) is 0.0256. The molecule has 1 radical (unpaired) electrons. The average Bonchev–Trinajstić information content (AvgIpc) is 3.09. The molecule has 4 aromatic carbocycles. The largest absolute Gasteiger partial charge is 0.477 e. The van der Waals surface area contributed by atoms with Gasteiger partial charge in [0.15, 0.2) is 0 Å². The van der Waals surface area contributed by atoms with Crippen molar-refractivity contribution in [1.82, 2.24) is 15.0 Å². The number of carboxylic acid groups (broad SMARTS) is 1. The van der Waals surface area contributed by atoms with E-state index < -0.39 is 5.97 Å². The number of aromatic carboxylic acids is 1. The number of hydrogen-bond donors (Lipinski definition) is 1. The number of rotatable bonds is 5. The average molecular weight is 762 g/mol. The maximum Gasteiger partial charge on any atom is 0.353 e. The van der Waals surface area contributed by atoms with Crippen molar-refractivity contribution < 1.29 is 30.0 Å². The Morgan fingerprint density at radius 3 is 2.18 bits per heavy atom. The van der Waals surface area contributed by atoms with Gasteiger partial charge in [-0.15, -0.1) is 60.2 Å². The molecule has 7 rings (SSSR count). The first-order valence-electron chi connectivity index (χ1n) is 14.1. The minimum atomic E-state index is -1.04. The Morgan fingerprint density at radius 2 is 1.42 bits per heavy atom. The molecule has 221 valence electrons. The van der Waals surface area contributed by atoms with Crippen LogP contribution >= 0.6 is 0 Å². The van der Waals surface area contributed by atoms with Crippen molar-refractivity contribution in [3.05, 3.63) is 163 Å². The number of hydrogen-bond acceptors (Lipinski definition) is 4. The maximum absolute atomic E-state index is 11.3. The fourth-order valence-electron chi connectivity index (χ4n) is 4.86. The number of carboxylic acids is 1. The van der Waals surface area contributed by atoms with Crippen molar-refractivity contribution >= 4 is 16.7 Å². The van der Waals surface area contributed by atoms with Gasteiger partial charge in [0.2, 0.25) is 0 Å². The Balaban J connectivity index is 0.000000174. The van der Waals surface area contributed by atoms with E-state index in [1.165, 1.54) is 5.39 Å². The Bertz CT molecular complexity index is 2040. The van der Waals surface area contributed by atoms with Crippen LogP contribution in [0, 0.1) is 19.1 Å². The van der Waals surface area contributed by atoms with Crippen molar-refractivity contribution in [2.45, 2.75) is 6.92 Å². The standard InChI is InChI=1S/C20H13N2.C19H14NO2.Ir/c1-2-9-18-15(6-1)11-13-22-20(18)17-8-5-7-16(14-17)19-10-3-4-12-21-19;1-13-7-9-14(10-8-13)16-11-17(15-5-3-2-4-6-15)20-18(12-16)19(21)22;/h1-13H;2-5,7-12H,1H3,(H,21,22);/q2*-1;. The van der Waals surface area contributed by atoms with Gasteiger partial charge in [0.1, 0.15) is 5.69 Å². The number of aryl methyl sites for hydroxylation is 1. The van der Waals surface area contributed by atoms with E-state index in [-0.39, 0.29) is 25.8 Å². The van der Waals surface area contributed by atoms with Gasteiger partial charge in [0.25, 0.3) is 0 Å². The molecule has 0 bridgehead atoms. The zero-order valence-corrected chi connectivity index (χ0v) is 26.7. The molecule has 0 fully saturated rings. The van der Waals surface area contributed by atoms with Gasteiger partial charge in [-0.1, -0.05) is 83.4 Å². The Hall–Kier alpha value is -5.29. The molecule has 0 aliphatic heterocycles. The van der Waals surface area contributed by atoms with Crippen LogP contribution in [0.5, 0.6) is 0 Å². The molecule has 0 saturated carbocycles. The summed E-state index contributed by atoms with van der Waals surface area (Å²) in [6.07, 6.45) is 3.64. The normalized spacial score (nSPS) is 10.3. The number of benzene rings is 4. The van der Waals surface area contributed by atoms with Gasteiger partial charge >= 0.3 is 5.97 Å². The van der Waals surface area contributed by atoms with Crippen LogP contribution in [-0.4, -0.2) is 26.0 Å². The Labute approximate surface area is 275 Å². The van der Waals surface area contributed by atoms with Crippen LogP contribution in [0.25, 0.3) is 55.7 Å². The van der Waals surface area contributed by atoms with Gasteiger partial charge in [-0.05, 0) is 52.7 Å². The van der Waals surface area contributed by atoms with Crippen molar-refractivity contribution in [2.75, 3.05) is 0 Å². The third kappa shape index (κ3) is 7.44. The monoisotopic (exact) mass is 762 g/mol. The van der Waals surface area contributed by atoms with Crippen LogP contribution in [0.15, 0.2) is 140 Å². The molecule has 0 unspecified atom stereocenters. The molecule has 7 aromatic rings. The SMILES string of the molecule is Cc1ccc(-c2cc(C(=O)O)nc(-c3[c-]cccc3)c2)cc1.[Ir].[c-]1c(-c2ccccn2)cccc1-c1nccc2ccccc12. The summed E-state index contributed by atoms with van der Waals surface area (Å²) < 4.78 is 0. The van der Waals surface area contributed by atoms with E-state index >= 15 is 0 Å². The van der Waals surface area contributed by atoms with Gasteiger partial charge in [0.05, 0.1) is 0 Å². The summed E-state index contributed by atoms with van der Waals surface area (Å²) in [5.74, 6) is -1.04. The number of nitrogens with zero attached hydrogens (tertiary/aromatic N) is 3. The summed E-state index contributed by atoms with van der Waals surface area (Å²) >= 11 is 0. The van der Waals surface area contributed by atoms with Gasteiger partial charge in [0, 0.05) is 43.9 Å². The summed E-state index contributed by atoms with van der Waals surface area (Å²) in [6, 6.07) is 47.7. The van der Waals surface area contributed by atoms with E-state index in [0.29, 0.717) is 5.69 Å². The second-order valence-electron chi connectivity index (χ2n) is 10.1. The number of aromatic nitrogens is 3. The van der Waals surface area contributed by atoms with Crippen molar-refractivity contribution in [3.63, 3.8) is 0 Å². The zero-order chi connectivity index (χ0) is 30.3. The molecule has 0 spiro atoms. The predicted molar refractivity (Wildman–Crippen MR) is 175 cm³/mol. The second kappa shape index (κ2) is 14.5. The summed E-state index contributed by atoms with van der Waals surface area (Å²) in [7, 11) is 0. The first-order chi connectivity index (χ1) is 21.5. The topological polar surface area (TPSA) is 76.0 Å². The predicted octanol–water partition coefficient (Wildman–Crippen LogP) is 8.98. The smallest absolute Gasteiger partial charge is 0.353 e. The van der Waals surface area contributed by atoms with Crippen LogP contribution in [0.3, 0.4) is 0 Å². The minimum absolute atomic E-state index is 0. The number of fused-ring (bicyclic) bond motifs is 1. The van der Waals surface area contributed by atoms with Gasteiger partial charge < -0.3 is 5.11 Å².